The molecule has 0 saturated heterocycles. The van der Waals surface area contributed by atoms with Gasteiger partial charge in [-0.05, 0) is 24.5 Å². The van der Waals surface area contributed by atoms with Crippen molar-refractivity contribution in [3.05, 3.63) is 78.9 Å². The van der Waals surface area contributed by atoms with E-state index >= 15 is 0 Å². The maximum absolute atomic E-state index is 6.46. The lowest BCUT2D eigenvalue weighted by Gasteiger charge is -2.38. The summed E-state index contributed by atoms with van der Waals surface area (Å²) in [7, 11) is 3.83. The summed E-state index contributed by atoms with van der Waals surface area (Å²) in [5.41, 5.74) is 0.694. The van der Waals surface area contributed by atoms with E-state index in [2.05, 4.69) is 46.5 Å². The van der Waals surface area contributed by atoms with Gasteiger partial charge in [-0.3, -0.25) is 0 Å². The lowest BCUT2D eigenvalue weighted by atomic mass is 9.91. The van der Waals surface area contributed by atoms with Gasteiger partial charge < -0.3 is 14.3 Å². The van der Waals surface area contributed by atoms with Crippen LogP contribution >= 0.6 is 0 Å². The molecule has 5 nitrogen and oxygen atoms in total. The Hall–Kier alpha value is -2.66. The van der Waals surface area contributed by atoms with Crippen molar-refractivity contribution in [2.75, 3.05) is 20.7 Å². The highest BCUT2D eigenvalue weighted by Gasteiger charge is 2.38. The number of rotatable bonds is 8. The summed E-state index contributed by atoms with van der Waals surface area (Å²) in [5.74, 6) is -0.0131. The van der Waals surface area contributed by atoms with E-state index in [4.69, 9.17) is 4.74 Å². The van der Waals surface area contributed by atoms with Gasteiger partial charge in [-0.2, -0.15) is 5.10 Å². The first-order chi connectivity index (χ1) is 12.7. The van der Waals surface area contributed by atoms with E-state index in [1.165, 1.54) is 5.56 Å². The van der Waals surface area contributed by atoms with Gasteiger partial charge in [-0.25, -0.2) is 4.98 Å². The second kappa shape index (κ2) is 8.63. The highest BCUT2D eigenvalue weighted by Crippen LogP contribution is 2.33. The van der Waals surface area contributed by atoms with Crippen LogP contribution in [0.1, 0.15) is 12.0 Å². The van der Waals surface area contributed by atoms with Gasteiger partial charge >= 0.3 is 0 Å². The van der Waals surface area contributed by atoms with Crippen molar-refractivity contribution in [3.63, 3.8) is 0 Å². The average molecular weight is 350 g/mol. The van der Waals surface area contributed by atoms with E-state index in [1.807, 2.05) is 49.3 Å². The lowest BCUT2D eigenvalue weighted by Crippen LogP contribution is -2.43. The Kier molecular flexibility index (Phi) is 6.02. The SMILES string of the molecule is CN(C)N=CC1C=CC=CC1(OCCCc1ccccc1)n1ccnc1. The zero-order valence-electron chi connectivity index (χ0n) is 15.4. The first-order valence-electron chi connectivity index (χ1n) is 8.94. The normalized spacial score (nSPS) is 22.2. The molecular formula is C21H26N4O. The third-order valence-corrected chi connectivity index (χ3v) is 4.39. The Balaban J connectivity index is 1.74. The third-order valence-electron chi connectivity index (χ3n) is 4.39. The van der Waals surface area contributed by atoms with Crippen molar-refractivity contribution in [1.29, 1.82) is 0 Å². The van der Waals surface area contributed by atoms with E-state index in [-0.39, 0.29) is 5.92 Å². The van der Waals surface area contributed by atoms with Crippen LogP contribution in [0.25, 0.3) is 0 Å². The number of aryl methyl sites for hydroxylation is 1. The van der Waals surface area contributed by atoms with E-state index in [0.717, 1.165) is 12.8 Å². The Labute approximate surface area is 155 Å². The molecule has 0 aliphatic heterocycles. The Morgan fingerprint density at radius 2 is 2.12 bits per heavy atom. The number of hydrogen-bond donors (Lipinski definition) is 0. The summed E-state index contributed by atoms with van der Waals surface area (Å²) in [6, 6.07) is 10.5. The molecule has 2 atom stereocenters. The standard InChI is InChI=1S/C21H26N4O/c1-24(2)23-17-20-12-6-7-13-21(20,25-15-14-22-18-25)26-16-8-11-19-9-4-3-5-10-19/h3-7,9-10,12-15,17-18,20H,8,11,16H2,1-2H3. The molecule has 1 aromatic carbocycles. The van der Waals surface area contributed by atoms with Crippen molar-refractivity contribution in [1.82, 2.24) is 14.6 Å². The number of hydrogen-bond acceptors (Lipinski definition) is 4. The van der Waals surface area contributed by atoms with E-state index < -0.39 is 5.72 Å². The summed E-state index contributed by atoms with van der Waals surface area (Å²) in [6.07, 6.45) is 17.7. The fraction of sp³-hybridized carbons (Fsp3) is 0.333. The molecule has 2 unspecified atom stereocenters. The van der Waals surface area contributed by atoms with E-state index in [0.29, 0.717) is 6.61 Å². The van der Waals surface area contributed by atoms with Crippen LogP contribution in [-0.2, 0) is 16.9 Å². The number of hydrazone groups is 1. The molecule has 5 heteroatoms. The first kappa shape index (κ1) is 18.1. The van der Waals surface area contributed by atoms with Crippen LogP contribution in [0.3, 0.4) is 0 Å². The van der Waals surface area contributed by atoms with E-state index in [1.54, 1.807) is 17.5 Å². The minimum atomic E-state index is -0.637. The van der Waals surface area contributed by atoms with Gasteiger partial charge in [0.05, 0.1) is 18.9 Å². The number of benzene rings is 1. The molecule has 0 amide bonds. The van der Waals surface area contributed by atoms with Crippen LogP contribution in [0.4, 0.5) is 0 Å². The van der Waals surface area contributed by atoms with Crippen LogP contribution in [0.2, 0.25) is 0 Å². The van der Waals surface area contributed by atoms with Crippen molar-refractivity contribution < 1.29 is 4.74 Å². The number of aromatic nitrogens is 2. The van der Waals surface area contributed by atoms with Crippen LogP contribution < -0.4 is 0 Å². The smallest absolute Gasteiger partial charge is 0.176 e. The topological polar surface area (TPSA) is 42.6 Å². The fourth-order valence-electron chi connectivity index (χ4n) is 3.09. The molecule has 0 spiro atoms. The Bertz CT molecular complexity index is 750. The van der Waals surface area contributed by atoms with Crippen molar-refractivity contribution in [3.8, 4) is 0 Å². The van der Waals surface area contributed by atoms with Crippen LogP contribution in [0.15, 0.2) is 78.5 Å². The van der Waals surface area contributed by atoms with Crippen LogP contribution in [0.5, 0.6) is 0 Å². The molecular weight excluding hydrogens is 324 g/mol. The highest BCUT2D eigenvalue weighted by atomic mass is 16.5. The molecule has 0 radical (unpaired) electrons. The minimum Gasteiger partial charge on any atom is -0.350 e. The Morgan fingerprint density at radius 1 is 1.27 bits per heavy atom. The molecule has 0 N–H and O–H groups in total. The van der Waals surface area contributed by atoms with Gasteiger partial charge in [-0.15, -0.1) is 0 Å². The molecule has 26 heavy (non-hydrogen) atoms. The van der Waals surface area contributed by atoms with Crippen molar-refractivity contribution in [2.45, 2.75) is 18.6 Å². The zero-order chi connectivity index (χ0) is 18.2. The highest BCUT2D eigenvalue weighted by molar-refractivity contribution is 5.66. The summed E-state index contributed by atoms with van der Waals surface area (Å²) in [6.45, 7) is 0.650. The monoisotopic (exact) mass is 350 g/mol. The van der Waals surface area contributed by atoms with Crippen molar-refractivity contribution in [2.24, 2.45) is 11.0 Å². The maximum Gasteiger partial charge on any atom is 0.176 e. The largest absolute Gasteiger partial charge is 0.350 e. The first-order valence-corrected chi connectivity index (χ1v) is 8.94. The second-order valence-corrected chi connectivity index (χ2v) is 6.54. The zero-order valence-corrected chi connectivity index (χ0v) is 15.4. The van der Waals surface area contributed by atoms with Gasteiger partial charge in [0.25, 0.3) is 0 Å². The quantitative estimate of drug-likeness (QED) is 0.416. The minimum absolute atomic E-state index is 0.0131. The number of ether oxygens (including phenoxy) is 1. The molecule has 1 aliphatic carbocycles. The summed E-state index contributed by atoms with van der Waals surface area (Å²) in [5, 5.41) is 6.23. The number of nitrogens with zero attached hydrogens (tertiary/aromatic N) is 4. The average Bonchev–Trinajstić information content (AvgIpc) is 3.20. The molecule has 1 heterocycles. The molecule has 1 aromatic heterocycles. The molecule has 0 fully saturated rings. The number of allylic oxidation sites excluding steroid dienone is 2. The maximum atomic E-state index is 6.46. The second-order valence-electron chi connectivity index (χ2n) is 6.54. The lowest BCUT2D eigenvalue weighted by molar-refractivity contribution is -0.0831. The molecule has 136 valence electrons. The van der Waals surface area contributed by atoms with Crippen LogP contribution in [-0.4, -0.2) is 41.5 Å². The summed E-state index contributed by atoms with van der Waals surface area (Å²) >= 11 is 0. The predicted octanol–water partition coefficient (Wildman–Crippen LogP) is 3.47. The van der Waals surface area contributed by atoms with Gasteiger partial charge in [0.2, 0.25) is 0 Å². The molecule has 3 rings (SSSR count). The van der Waals surface area contributed by atoms with Gasteiger partial charge in [0, 0.05) is 32.7 Å². The molecule has 0 bridgehead atoms. The van der Waals surface area contributed by atoms with E-state index in [9.17, 15) is 0 Å². The summed E-state index contributed by atoms with van der Waals surface area (Å²) < 4.78 is 8.47. The summed E-state index contributed by atoms with van der Waals surface area (Å²) in [4.78, 5) is 4.22. The van der Waals surface area contributed by atoms with Gasteiger partial charge in [0.15, 0.2) is 5.72 Å². The molecule has 0 saturated carbocycles. The Morgan fingerprint density at radius 3 is 2.85 bits per heavy atom. The third kappa shape index (κ3) is 4.29. The van der Waals surface area contributed by atoms with Crippen molar-refractivity contribution >= 4 is 6.21 Å². The molecule has 2 aromatic rings. The fourth-order valence-corrected chi connectivity index (χ4v) is 3.09. The predicted molar refractivity (Wildman–Crippen MR) is 105 cm³/mol. The molecule has 1 aliphatic rings. The number of imidazole rings is 1. The van der Waals surface area contributed by atoms with Gasteiger partial charge in [0.1, 0.15) is 0 Å². The van der Waals surface area contributed by atoms with Gasteiger partial charge in [-0.1, -0.05) is 48.6 Å². The van der Waals surface area contributed by atoms with Crippen LogP contribution in [0, 0.1) is 5.92 Å².